The Morgan fingerprint density at radius 3 is 2.26 bits per heavy atom. The summed E-state index contributed by atoms with van der Waals surface area (Å²) < 4.78 is 40.0. The number of benzene rings is 2. The number of alkyl halides is 3. The van der Waals surface area contributed by atoms with E-state index in [0.717, 1.165) is 12.1 Å². The molecule has 0 atom stereocenters. The summed E-state index contributed by atoms with van der Waals surface area (Å²) in [5, 5.41) is 8.03. The first-order chi connectivity index (χ1) is 12.7. The van der Waals surface area contributed by atoms with E-state index in [4.69, 9.17) is 11.6 Å². The van der Waals surface area contributed by atoms with Crippen LogP contribution >= 0.6 is 11.6 Å². The molecular formula is C17H15ClF3N3O3. The maximum atomic E-state index is 12.1. The lowest BCUT2D eigenvalue weighted by atomic mass is 10.2. The predicted molar refractivity (Wildman–Crippen MR) is 95.1 cm³/mol. The number of amides is 2. The van der Waals surface area contributed by atoms with Gasteiger partial charge in [0.05, 0.1) is 17.1 Å². The number of halogens is 4. The maximum absolute atomic E-state index is 12.1. The Morgan fingerprint density at radius 2 is 1.70 bits per heavy atom. The van der Waals surface area contributed by atoms with Crippen molar-refractivity contribution in [1.82, 2.24) is 5.32 Å². The van der Waals surface area contributed by atoms with Crippen LogP contribution in [0.25, 0.3) is 0 Å². The second-order valence-corrected chi connectivity index (χ2v) is 5.65. The zero-order valence-electron chi connectivity index (χ0n) is 14.0. The van der Waals surface area contributed by atoms with Crippen molar-refractivity contribution in [2.75, 3.05) is 24.2 Å². The summed E-state index contributed by atoms with van der Waals surface area (Å²) in [6, 6.07) is 9.36. The van der Waals surface area contributed by atoms with Crippen LogP contribution in [0.4, 0.5) is 24.5 Å². The number of hydrogen-bond donors (Lipinski definition) is 3. The Kier molecular flexibility index (Phi) is 6.51. The lowest BCUT2D eigenvalue weighted by Gasteiger charge is -2.11. The smallest absolute Gasteiger partial charge is 0.406 e. The molecule has 0 saturated heterocycles. The molecule has 0 spiro atoms. The van der Waals surface area contributed by atoms with E-state index in [-0.39, 0.29) is 23.2 Å². The highest BCUT2D eigenvalue weighted by atomic mass is 35.5. The molecule has 10 heteroatoms. The number of carbonyl (C=O) groups excluding carboxylic acids is 2. The summed E-state index contributed by atoms with van der Waals surface area (Å²) in [5.74, 6) is -1.14. The van der Waals surface area contributed by atoms with Gasteiger partial charge in [0.2, 0.25) is 5.91 Å². The van der Waals surface area contributed by atoms with Crippen LogP contribution in [-0.2, 0) is 4.79 Å². The molecule has 6 nitrogen and oxygen atoms in total. The van der Waals surface area contributed by atoms with E-state index < -0.39 is 12.3 Å². The van der Waals surface area contributed by atoms with Gasteiger partial charge in [0, 0.05) is 18.4 Å². The Hall–Kier alpha value is -2.94. The van der Waals surface area contributed by atoms with Crippen molar-refractivity contribution in [1.29, 1.82) is 0 Å². The molecule has 2 rings (SSSR count). The number of ether oxygens (including phenoxy) is 1. The van der Waals surface area contributed by atoms with Crippen LogP contribution in [0.2, 0.25) is 5.02 Å². The maximum Gasteiger partial charge on any atom is 0.573 e. The second-order valence-electron chi connectivity index (χ2n) is 5.25. The quantitative estimate of drug-likeness (QED) is 0.690. The van der Waals surface area contributed by atoms with Gasteiger partial charge in [-0.05, 0) is 42.5 Å². The normalized spacial score (nSPS) is 10.9. The number of rotatable bonds is 6. The van der Waals surface area contributed by atoms with Gasteiger partial charge in [-0.15, -0.1) is 13.2 Å². The topological polar surface area (TPSA) is 79.5 Å². The van der Waals surface area contributed by atoms with Crippen molar-refractivity contribution in [3.63, 3.8) is 0 Å². The molecule has 0 saturated carbocycles. The highest BCUT2D eigenvalue weighted by Crippen LogP contribution is 2.24. The number of nitrogens with one attached hydrogen (secondary N) is 3. The Balaban J connectivity index is 1.89. The molecule has 0 heterocycles. The molecule has 2 amide bonds. The minimum absolute atomic E-state index is 0.115. The number of hydrogen-bond acceptors (Lipinski definition) is 4. The van der Waals surface area contributed by atoms with Crippen molar-refractivity contribution in [2.24, 2.45) is 0 Å². The van der Waals surface area contributed by atoms with Crippen molar-refractivity contribution in [2.45, 2.75) is 6.36 Å². The fourth-order valence-electron chi connectivity index (χ4n) is 2.07. The number of carbonyl (C=O) groups is 2. The highest BCUT2D eigenvalue weighted by molar-refractivity contribution is 6.34. The highest BCUT2D eigenvalue weighted by Gasteiger charge is 2.30. The molecule has 3 N–H and O–H groups in total. The van der Waals surface area contributed by atoms with Crippen molar-refractivity contribution in [3.8, 4) is 5.75 Å². The molecular weight excluding hydrogens is 387 g/mol. The molecule has 144 valence electrons. The molecule has 0 aromatic heterocycles. The molecule has 27 heavy (non-hydrogen) atoms. The zero-order chi connectivity index (χ0) is 20.0. The van der Waals surface area contributed by atoms with Gasteiger partial charge >= 0.3 is 6.36 Å². The zero-order valence-corrected chi connectivity index (χ0v) is 14.7. The third-order valence-electron chi connectivity index (χ3n) is 3.27. The van der Waals surface area contributed by atoms with Crippen LogP contribution in [0.15, 0.2) is 42.5 Å². The average Bonchev–Trinajstić information content (AvgIpc) is 2.60. The van der Waals surface area contributed by atoms with Gasteiger partial charge in [-0.3, -0.25) is 9.59 Å². The summed E-state index contributed by atoms with van der Waals surface area (Å²) in [7, 11) is 1.48. The third-order valence-corrected chi connectivity index (χ3v) is 3.58. The Morgan fingerprint density at radius 1 is 1.07 bits per heavy atom. The second kappa shape index (κ2) is 8.63. The van der Waals surface area contributed by atoms with Crippen LogP contribution in [-0.4, -0.2) is 31.8 Å². The predicted octanol–water partition coefficient (Wildman–Crippen LogP) is 3.65. The summed E-state index contributed by atoms with van der Waals surface area (Å²) in [4.78, 5) is 23.5. The Bertz CT molecular complexity index is 826. The van der Waals surface area contributed by atoms with Crippen LogP contribution in [0.5, 0.6) is 5.75 Å². The van der Waals surface area contributed by atoms with Gasteiger partial charge < -0.3 is 20.7 Å². The van der Waals surface area contributed by atoms with E-state index in [1.807, 2.05) is 0 Å². The lowest BCUT2D eigenvalue weighted by molar-refractivity contribution is -0.274. The molecule has 0 aliphatic rings. The lowest BCUT2D eigenvalue weighted by Crippen LogP contribution is -2.22. The molecule has 2 aromatic rings. The molecule has 0 bridgehead atoms. The van der Waals surface area contributed by atoms with Crippen LogP contribution < -0.4 is 20.7 Å². The van der Waals surface area contributed by atoms with Crippen molar-refractivity contribution in [3.05, 3.63) is 53.1 Å². The van der Waals surface area contributed by atoms with E-state index in [1.54, 1.807) is 6.07 Å². The summed E-state index contributed by atoms with van der Waals surface area (Å²) >= 11 is 6.02. The molecule has 0 radical (unpaired) electrons. The van der Waals surface area contributed by atoms with Crippen LogP contribution in [0.3, 0.4) is 0 Å². The van der Waals surface area contributed by atoms with Gasteiger partial charge in [-0.1, -0.05) is 11.6 Å². The molecule has 0 aliphatic heterocycles. The monoisotopic (exact) mass is 401 g/mol. The summed E-state index contributed by atoms with van der Waals surface area (Å²) in [6.07, 6.45) is -4.77. The van der Waals surface area contributed by atoms with Gasteiger partial charge in [0.15, 0.2) is 0 Å². The molecule has 0 unspecified atom stereocenters. The van der Waals surface area contributed by atoms with Crippen LogP contribution in [0, 0.1) is 0 Å². The van der Waals surface area contributed by atoms with Gasteiger partial charge in [-0.2, -0.15) is 0 Å². The summed E-state index contributed by atoms with van der Waals surface area (Å²) in [6.45, 7) is -0.115. The first kappa shape index (κ1) is 20.4. The minimum atomic E-state index is -4.77. The van der Waals surface area contributed by atoms with E-state index in [2.05, 4.69) is 20.7 Å². The third kappa shape index (κ3) is 6.37. The first-order valence-corrected chi connectivity index (χ1v) is 7.97. The summed E-state index contributed by atoms with van der Waals surface area (Å²) in [5.41, 5.74) is 1.14. The number of anilines is 2. The minimum Gasteiger partial charge on any atom is -0.406 e. The average molecular weight is 402 g/mol. The van der Waals surface area contributed by atoms with Crippen LogP contribution in [0.1, 0.15) is 10.4 Å². The molecule has 0 aliphatic carbocycles. The fourth-order valence-corrected chi connectivity index (χ4v) is 2.34. The standard InChI is InChI=1S/C17H15ClF3N3O3/c1-22-16(26)13-7-4-11(8-14(13)18)23-9-15(25)24-10-2-5-12(6-3-10)27-17(19,20)21/h2-8,23H,9H2,1H3,(H,22,26)(H,24,25). The van der Waals surface area contributed by atoms with Gasteiger partial charge in [0.25, 0.3) is 5.91 Å². The van der Waals surface area contributed by atoms with E-state index in [1.165, 1.54) is 31.3 Å². The van der Waals surface area contributed by atoms with Gasteiger partial charge in [-0.25, -0.2) is 0 Å². The fraction of sp³-hybridized carbons (Fsp3) is 0.176. The Labute approximate surface area is 157 Å². The van der Waals surface area contributed by atoms with Crippen molar-refractivity contribution < 1.29 is 27.5 Å². The van der Waals surface area contributed by atoms with Crippen molar-refractivity contribution >= 4 is 34.8 Å². The first-order valence-electron chi connectivity index (χ1n) is 7.59. The van der Waals surface area contributed by atoms with E-state index in [9.17, 15) is 22.8 Å². The van der Waals surface area contributed by atoms with E-state index >= 15 is 0 Å². The van der Waals surface area contributed by atoms with Gasteiger partial charge in [0.1, 0.15) is 5.75 Å². The largest absolute Gasteiger partial charge is 0.573 e. The molecule has 2 aromatic carbocycles. The van der Waals surface area contributed by atoms with E-state index in [0.29, 0.717) is 16.9 Å². The SMILES string of the molecule is CNC(=O)c1ccc(NCC(=O)Nc2ccc(OC(F)(F)F)cc2)cc1Cl. The molecule has 0 fully saturated rings.